The zero-order chi connectivity index (χ0) is 24.9. The van der Waals surface area contributed by atoms with Gasteiger partial charge >= 0.3 is 0 Å². The number of aromatic nitrogens is 3. The van der Waals surface area contributed by atoms with E-state index in [0.717, 1.165) is 22.6 Å². The number of methoxy groups -OCH3 is 2. The summed E-state index contributed by atoms with van der Waals surface area (Å²) in [5.41, 5.74) is 4.30. The van der Waals surface area contributed by atoms with E-state index in [4.69, 9.17) is 9.47 Å². The van der Waals surface area contributed by atoms with E-state index in [-0.39, 0.29) is 17.9 Å². The van der Waals surface area contributed by atoms with Crippen LogP contribution in [0, 0.1) is 6.92 Å². The first kappa shape index (κ1) is 24.1. The van der Waals surface area contributed by atoms with E-state index in [0.29, 0.717) is 42.2 Å². The third-order valence-corrected chi connectivity index (χ3v) is 6.23. The minimum Gasteiger partial charge on any atom is -0.496 e. The van der Waals surface area contributed by atoms with Crippen LogP contribution in [0.5, 0.6) is 11.5 Å². The van der Waals surface area contributed by atoms with Crippen LogP contribution in [0.1, 0.15) is 30.2 Å². The van der Waals surface area contributed by atoms with Gasteiger partial charge < -0.3 is 19.4 Å². The van der Waals surface area contributed by atoms with Crippen LogP contribution in [-0.4, -0.2) is 34.3 Å². The predicted molar refractivity (Wildman–Crippen MR) is 135 cm³/mol. The van der Waals surface area contributed by atoms with E-state index in [1.807, 2.05) is 68.4 Å². The maximum Gasteiger partial charge on any atom is 0.277 e. The fraction of sp³-hybridized carbons (Fsp3) is 0.296. The first-order chi connectivity index (χ1) is 17.0. The topological polar surface area (TPSA) is 86.9 Å². The molecule has 0 fully saturated rings. The molecule has 8 nitrogen and oxygen atoms in total. The molecule has 8 heteroatoms. The number of nitrogens with one attached hydrogen (secondary N) is 1. The minimum absolute atomic E-state index is 0.131. The van der Waals surface area contributed by atoms with Crippen molar-refractivity contribution in [2.45, 2.75) is 39.8 Å². The number of rotatable bonds is 9. The molecule has 0 saturated heterocycles. The molecule has 0 bridgehead atoms. The normalized spacial score (nSPS) is 11.0. The molecular weight excluding hydrogens is 444 g/mol. The van der Waals surface area contributed by atoms with Crippen LogP contribution in [-0.2, 0) is 24.3 Å². The summed E-state index contributed by atoms with van der Waals surface area (Å²) in [5, 5.41) is 7.54. The summed E-state index contributed by atoms with van der Waals surface area (Å²) >= 11 is 0. The van der Waals surface area contributed by atoms with Crippen molar-refractivity contribution in [2.75, 3.05) is 14.2 Å². The summed E-state index contributed by atoms with van der Waals surface area (Å²) in [6.45, 7) is 4.97. The summed E-state index contributed by atoms with van der Waals surface area (Å²) in [4.78, 5) is 26.0. The molecule has 0 aliphatic rings. The van der Waals surface area contributed by atoms with Gasteiger partial charge in [-0.25, -0.2) is 0 Å². The molecule has 0 radical (unpaired) electrons. The van der Waals surface area contributed by atoms with E-state index >= 15 is 0 Å². The van der Waals surface area contributed by atoms with Crippen molar-refractivity contribution in [3.63, 3.8) is 0 Å². The fourth-order valence-electron chi connectivity index (χ4n) is 4.37. The van der Waals surface area contributed by atoms with Gasteiger partial charge in [0.1, 0.15) is 17.1 Å². The maximum atomic E-state index is 13.4. The molecule has 4 rings (SSSR count). The Morgan fingerprint density at radius 3 is 2.43 bits per heavy atom. The van der Waals surface area contributed by atoms with Gasteiger partial charge in [-0.05, 0) is 38.5 Å². The van der Waals surface area contributed by atoms with E-state index in [9.17, 15) is 9.59 Å². The van der Waals surface area contributed by atoms with Crippen LogP contribution in [0.25, 0.3) is 16.9 Å². The molecule has 0 spiro atoms. The van der Waals surface area contributed by atoms with Crippen LogP contribution in [0.15, 0.2) is 59.4 Å². The third kappa shape index (κ3) is 4.77. The molecule has 2 heterocycles. The van der Waals surface area contributed by atoms with Crippen molar-refractivity contribution < 1.29 is 14.3 Å². The predicted octanol–water partition coefficient (Wildman–Crippen LogP) is 3.76. The number of nitrogens with zero attached hydrogens (tertiary/aromatic N) is 3. The Hall–Kier alpha value is -4.07. The average Bonchev–Trinajstić information content (AvgIpc) is 3.33. The number of aryl methyl sites for hydroxylation is 1. The molecule has 1 amide bonds. The Labute approximate surface area is 204 Å². The first-order valence-electron chi connectivity index (χ1n) is 11.6. The Balaban J connectivity index is 1.59. The maximum absolute atomic E-state index is 13.4. The second-order valence-electron chi connectivity index (χ2n) is 8.20. The number of para-hydroxylation sites is 2. The van der Waals surface area contributed by atoms with Crippen molar-refractivity contribution in [3.05, 3.63) is 81.8 Å². The van der Waals surface area contributed by atoms with E-state index < -0.39 is 0 Å². The number of hydrogen-bond acceptors (Lipinski definition) is 5. The highest BCUT2D eigenvalue weighted by atomic mass is 16.5. The number of amides is 1. The van der Waals surface area contributed by atoms with Gasteiger partial charge in [-0.1, -0.05) is 30.3 Å². The Morgan fingerprint density at radius 1 is 1.03 bits per heavy atom. The highest BCUT2D eigenvalue weighted by molar-refractivity contribution is 5.76. The highest BCUT2D eigenvalue weighted by Crippen LogP contribution is 2.29. The van der Waals surface area contributed by atoms with Gasteiger partial charge in [0.15, 0.2) is 0 Å². The van der Waals surface area contributed by atoms with Gasteiger partial charge in [0, 0.05) is 48.0 Å². The molecule has 0 aliphatic carbocycles. The van der Waals surface area contributed by atoms with E-state index in [1.54, 1.807) is 14.2 Å². The average molecular weight is 475 g/mol. The molecule has 2 aromatic heterocycles. The van der Waals surface area contributed by atoms with Gasteiger partial charge in [-0.2, -0.15) is 9.61 Å². The number of fused-ring (bicyclic) bond motifs is 1. The zero-order valence-electron chi connectivity index (χ0n) is 20.5. The third-order valence-electron chi connectivity index (χ3n) is 6.23. The number of hydrogen-bond donors (Lipinski definition) is 1. The molecular formula is C27H30N4O4. The summed E-state index contributed by atoms with van der Waals surface area (Å²) < 4.78 is 14.3. The monoisotopic (exact) mass is 474 g/mol. The fourth-order valence-corrected chi connectivity index (χ4v) is 4.37. The standard InChI is InChI=1S/C27H30N4O4/c1-5-30-18(2)20(14-15-25(32)28-17-19-10-6-8-12-23(19)34-3)27(33)31-26(30)16-22(29-31)21-11-7-9-13-24(21)35-4/h6-13,16H,5,14-15,17H2,1-4H3,(H,28,32). The van der Waals surface area contributed by atoms with Gasteiger partial charge in [-0.15, -0.1) is 0 Å². The molecule has 182 valence electrons. The van der Waals surface area contributed by atoms with Crippen LogP contribution in [0.4, 0.5) is 0 Å². The van der Waals surface area contributed by atoms with Crippen molar-refractivity contribution in [1.82, 2.24) is 19.5 Å². The van der Waals surface area contributed by atoms with E-state index in [1.165, 1.54) is 4.52 Å². The Kier molecular flexibility index (Phi) is 7.19. The second kappa shape index (κ2) is 10.5. The highest BCUT2D eigenvalue weighted by Gasteiger charge is 2.19. The van der Waals surface area contributed by atoms with Gasteiger partial charge in [-0.3, -0.25) is 9.59 Å². The van der Waals surface area contributed by atoms with Gasteiger partial charge in [0.25, 0.3) is 5.56 Å². The number of carbonyl (C=O) groups is 1. The van der Waals surface area contributed by atoms with Crippen molar-refractivity contribution in [3.8, 4) is 22.8 Å². The largest absolute Gasteiger partial charge is 0.496 e. The molecule has 0 unspecified atom stereocenters. The van der Waals surface area contributed by atoms with Crippen molar-refractivity contribution in [1.29, 1.82) is 0 Å². The van der Waals surface area contributed by atoms with E-state index in [2.05, 4.69) is 15.0 Å². The van der Waals surface area contributed by atoms with Gasteiger partial charge in [0.05, 0.1) is 19.9 Å². The van der Waals surface area contributed by atoms with Crippen LogP contribution in [0.2, 0.25) is 0 Å². The lowest BCUT2D eigenvalue weighted by Crippen LogP contribution is -2.28. The molecule has 0 atom stereocenters. The summed E-state index contributed by atoms with van der Waals surface area (Å²) in [6, 6.07) is 17.0. The van der Waals surface area contributed by atoms with Crippen molar-refractivity contribution in [2.24, 2.45) is 0 Å². The molecule has 4 aromatic rings. The lowest BCUT2D eigenvalue weighted by molar-refractivity contribution is -0.121. The molecule has 0 saturated carbocycles. The quantitative estimate of drug-likeness (QED) is 0.399. The molecule has 1 N–H and O–H groups in total. The van der Waals surface area contributed by atoms with Crippen LogP contribution >= 0.6 is 0 Å². The molecule has 35 heavy (non-hydrogen) atoms. The SMILES string of the molecule is CCn1c(C)c(CCC(=O)NCc2ccccc2OC)c(=O)n2nc(-c3ccccc3OC)cc12. The smallest absolute Gasteiger partial charge is 0.277 e. The first-order valence-corrected chi connectivity index (χ1v) is 11.6. The number of benzene rings is 2. The van der Waals surface area contributed by atoms with Crippen LogP contribution in [0.3, 0.4) is 0 Å². The summed E-state index contributed by atoms with van der Waals surface area (Å²) in [5.74, 6) is 1.28. The molecule has 0 aliphatic heterocycles. The lowest BCUT2D eigenvalue weighted by atomic mass is 10.1. The summed E-state index contributed by atoms with van der Waals surface area (Å²) in [6.07, 6.45) is 0.517. The molecule has 2 aromatic carbocycles. The number of ether oxygens (including phenoxy) is 2. The van der Waals surface area contributed by atoms with Crippen molar-refractivity contribution >= 4 is 11.6 Å². The second-order valence-corrected chi connectivity index (χ2v) is 8.20. The lowest BCUT2D eigenvalue weighted by Gasteiger charge is -2.15. The number of carbonyl (C=O) groups excluding carboxylic acids is 1. The minimum atomic E-state index is -0.208. The zero-order valence-corrected chi connectivity index (χ0v) is 20.5. The Bertz CT molecular complexity index is 1420. The van der Waals surface area contributed by atoms with Crippen LogP contribution < -0.4 is 20.3 Å². The summed E-state index contributed by atoms with van der Waals surface area (Å²) in [7, 11) is 3.22. The van der Waals surface area contributed by atoms with Gasteiger partial charge in [0.2, 0.25) is 5.91 Å². The Morgan fingerprint density at radius 2 is 1.71 bits per heavy atom.